The highest BCUT2D eigenvalue weighted by molar-refractivity contribution is 6.33. The maximum absolute atomic E-state index is 11.9. The number of piperidine rings is 1. The molecule has 3 N–H and O–H groups in total. The molecule has 2 unspecified atom stereocenters. The number of rotatable bonds is 2. The lowest BCUT2D eigenvalue weighted by Gasteiger charge is -2.38. The number of likely N-dealkylation sites (N-methyl/N-ethyl adjacent to an activating group) is 1. The van der Waals surface area contributed by atoms with Crippen LogP contribution < -0.4 is 15.5 Å². The minimum atomic E-state index is -0.697. The number of nitrogens with zero attached hydrogens (tertiary/aromatic N) is 1. The molecule has 0 aromatic heterocycles. The molecule has 2 aliphatic heterocycles. The quantitative estimate of drug-likeness (QED) is 0.781. The molecule has 1 aromatic rings. The molecule has 114 valence electrons. The predicted molar refractivity (Wildman–Crippen MR) is 84.0 cm³/mol. The summed E-state index contributed by atoms with van der Waals surface area (Å²) in [6, 6.07) is 3.40. The van der Waals surface area contributed by atoms with Gasteiger partial charge in [-0.15, -0.1) is 0 Å². The van der Waals surface area contributed by atoms with Crippen molar-refractivity contribution in [1.82, 2.24) is 5.32 Å². The molecular formula is C15H20ClN3O2. The van der Waals surface area contributed by atoms with Gasteiger partial charge in [0.25, 0.3) is 0 Å². The first kappa shape index (κ1) is 14.6. The predicted octanol–water partition coefficient (Wildman–Crippen LogP) is 1.90. The van der Waals surface area contributed by atoms with Gasteiger partial charge in [0, 0.05) is 24.3 Å². The number of β-amino-alcohol motifs (C(OH)–C–C–N with tert-alkyl or cyclic N) is 1. The zero-order valence-corrected chi connectivity index (χ0v) is 13.0. The van der Waals surface area contributed by atoms with E-state index in [1.165, 1.54) is 0 Å². The number of halogens is 1. The smallest absolute Gasteiger partial charge is 0.246 e. The van der Waals surface area contributed by atoms with Gasteiger partial charge in [0.2, 0.25) is 5.91 Å². The van der Waals surface area contributed by atoms with E-state index in [0.717, 1.165) is 36.3 Å². The number of aliphatic hydroxyl groups is 1. The van der Waals surface area contributed by atoms with E-state index in [9.17, 15) is 9.90 Å². The number of amides is 1. The number of fused-ring (bicyclic) bond motifs is 1. The van der Waals surface area contributed by atoms with Gasteiger partial charge in [0.15, 0.2) is 0 Å². The summed E-state index contributed by atoms with van der Waals surface area (Å²) >= 11 is 6.41. The fourth-order valence-corrected chi connectivity index (χ4v) is 3.52. The van der Waals surface area contributed by atoms with E-state index in [0.29, 0.717) is 11.6 Å². The zero-order chi connectivity index (χ0) is 15.2. The van der Waals surface area contributed by atoms with Gasteiger partial charge >= 0.3 is 0 Å². The Labute approximate surface area is 129 Å². The van der Waals surface area contributed by atoms with Crippen LogP contribution in [0.5, 0.6) is 0 Å². The molecule has 6 heteroatoms. The molecule has 0 bridgehead atoms. The molecule has 0 radical (unpaired) electrons. The second-order valence-corrected chi connectivity index (χ2v) is 6.53. The van der Waals surface area contributed by atoms with Crippen molar-refractivity contribution in [2.24, 2.45) is 0 Å². The van der Waals surface area contributed by atoms with Crippen molar-refractivity contribution >= 4 is 28.9 Å². The maximum Gasteiger partial charge on any atom is 0.246 e. The molecular weight excluding hydrogens is 290 g/mol. The molecule has 2 aliphatic rings. The number of hydrogen-bond acceptors (Lipinski definition) is 4. The summed E-state index contributed by atoms with van der Waals surface area (Å²) in [7, 11) is 1.75. The van der Waals surface area contributed by atoms with E-state index in [1.807, 2.05) is 19.1 Å². The molecule has 3 rings (SSSR count). The summed E-state index contributed by atoms with van der Waals surface area (Å²) in [5, 5.41) is 16.7. The summed E-state index contributed by atoms with van der Waals surface area (Å²) in [6.07, 6.45) is 1.72. The summed E-state index contributed by atoms with van der Waals surface area (Å²) in [5.74, 6) is -0.0636. The average molecular weight is 310 g/mol. The van der Waals surface area contributed by atoms with Gasteiger partial charge in [-0.25, -0.2) is 0 Å². The highest BCUT2D eigenvalue weighted by atomic mass is 35.5. The number of hydrogen-bond donors (Lipinski definition) is 3. The van der Waals surface area contributed by atoms with Crippen molar-refractivity contribution in [2.45, 2.75) is 31.4 Å². The van der Waals surface area contributed by atoms with Crippen LogP contribution in [0.1, 0.15) is 31.4 Å². The lowest BCUT2D eigenvalue weighted by atomic mass is 9.94. The summed E-state index contributed by atoms with van der Waals surface area (Å²) in [6.45, 7) is 3.26. The third-order valence-electron chi connectivity index (χ3n) is 4.25. The van der Waals surface area contributed by atoms with Crippen LogP contribution in [-0.4, -0.2) is 36.8 Å². The average Bonchev–Trinajstić information content (AvgIpc) is 2.71. The summed E-state index contributed by atoms with van der Waals surface area (Å²) < 4.78 is 0. The topological polar surface area (TPSA) is 64.6 Å². The summed E-state index contributed by atoms with van der Waals surface area (Å²) in [5.41, 5.74) is 1.84. The molecule has 5 nitrogen and oxygen atoms in total. The maximum atomic E-state index is 11.9. The molecule has 2 heterocycles. The number of benzene rings is 1. The van der Waals surface area contributed by atoms with Gasteiger partial charge in [-0.3, -0.25) is 4.79 Å². The van der Waals surface area contributed by atoms with Crippen molar-refractivity contribution < 1.29 is 9.90 Å². The first-order valence-corrected chi connectivity index (χ1v) is 7.58. The lowest BCUT2D eigenvalue weighted by Crippen LogP contribution is -2.46. The van der Waals surface area contributed by atoms with Crippen molar-refractivity contribution in [3.05, 3.63) is 22.7 Å². The van der Waals surface area contributed by atoms with Crippen LogP contribution in [-0.2, 0) is 4.79 Å². The first-order chi connectivity index (χ1) is 9.91. The van der Waals surface area contributed by atoms with E-state index in [2.05, 4.69) is 15.5 Å². The van der Waals surface area contributed by atoms with Gasteiger partial charge in [-0.1, -0.05) is 11.6 Å². The highest BCUT2D eigenvalue weighted by Gasteiger charge is 2.33. The van der Waals surface area contributed by atoms with Crippen LogP contribution in [0, 0.1) is 0 Å². The Kier molecular flexibility index (Phi) is 3.59. The van der Waals surface area contributed by atoms with Gasteiger partial charge < -0.3 is 20.6 Å². The second-order valence-electron chi connectivity index (χ2n) is 6.12. The minimum absolute atomic E-state index is 0.0636. The highest BCUT2D eigenvalue weighted by Crippen LogP contribution is 2.40. The Morgan fingerprint density at radius 3 is 2.95 bits per heavy atom. The molecule has 21 heavy (non-hydrogen) atoms. The Balaban J connectivity index is 1.95. The van der Waals surface area contributed by atoms with Crippen molar-refractivity contribution in [3.63, 3.8) is 0 Å². The third-order valence-corrected chi connectivity index (χ3v) is 4.56. The van der Waals surface area contributed by atoms with Crippen LogP contribution >= 0.6 is 11.6 Å². The molecule has 1 saturated heterocycles. The van der Waals surface area contributed by atoms with Crippen LogP contribution in [0.2, 0.25) is 5.02 Å². The fraction of sp³-hybridized carbons (Fsp3) is 0.533. The van der Waals surface area contributed by atoms with Crippen molar-refractivity contribution in [1.29, 1.82) is 0 Å². The van der Waals surface area contributed by atoms with E-state index in [1.54, 1.807) is 7.05 Å². The van der Waals surface area contributed by atoms with Crippen LogP contribution in [0.25, 0.3) is 0 Å². The first-order valence-electron chi connectivity index (χ1n) is 7.20. The van der Waals surface area contributed by atoms with E-state index in [4.69, 9.17) is 11.6 Å². The van der Waals surface area contributed by atoms with Gasteiger partial charge in [-0.2, -0.15) is 0 Å². The molecule has 0 saturated carbocycles. The lowest BCUT2D eigenvalue weighted by molar-refractivity contribution is -0.117. The monoisotopic (exact) mass is 309 g/mol. The third kappa shape index (κ3) is 2.61. The molecule has 1 amide bonds. The van der Waals surface area contributed by atoms with Gasteiger partial charge in [0.05, 0.1) is 16.3 Å². The van der Waals surface area contributed by atoms with E-state index >= 15 is 0 Å². The van der Waals surface area contributed by atoms with Crippen LogP contribution in [0.4, 0.5) is 11.4 Å². The molecule has 1 aromatic carbocycles. The standard InChI is InChI=1S/C15H20ClN3O2/c1-15(21)4-3-5-19(8-15)12-7-11-9(6-10(12)16)13(17-2)14(20)18-11/h6-7,13,17,21H,3-5,8H2,1-2H3,(H,18,20). The SMILES string of the molecule is CNC1C(=O)Nc2cc(N3CCCC(C)(O)C3)c(Cl)cc21. The largest absolute Gasteiger partial charge is 0.388 e. The molecule has 1 fully saturated rings. The second kappa shape index (κ2) is 5.16. The van der Waals surface area contributed by atoms with Crippen LogP contribution in [0.15, 0.2) is 12.1 Å². The van der Waals surface area contributed by atoms with Crippen molar-refractivity contribution in [3.8, 4) is 0 Å². The van der Waals surface area contributed by atoms with Gasteiger partial charge in [0.1, 0.15) is 6.04 Å². The Bertz CT molecular complexity index is 589. The fourth-order valence-electron chi connectivity index (χ4n) is 3.23. The zero-order valence-electron chi connectivity index (χ0n) is 12.2. The van der Waals surface area contributed by atoms with E-state index < -0.39 is 5.60 Å². The van der Waals surface area contributed by atoms with Crippen LogP contribution in [0.3, 0.4) is 0 Å². The molecule has 2 atom stereocenters. The Hall–Kier alpha value is -1.30. The number of nitrogens with one attached hydrogen (secondary N) is 2. The van der Waals surface area contributed by atoms with Crippen molar-refractivity contribution in [2.75, 3.05) is 30.4 Å². The molecule has 0 aliphatic carbocycles. The normalized spacial score (nSPS) is 28.5. The molecule has 0 spiro atoms. The van der Waals surface area contributed by atoms with E-state index in [-0.39, 0.29) is 11.9 Å². The Morgan fingerprint density at radius 1 is 1.52 bits per heavy atom. The number of anilines is 2. The van der Waals surface area contributed by atoms with Gasteiger partial charge in [-0.05, 0) is 38.9 Å². The number of carbonyl (C=O) groups excluding carboxylic acids is 1. The summed E-state index contributed by atoms with van der Waals surface area (Å²) in [4.78, 5) is 14.0. The Morgan fingerprint density at radius 2 is 2.29 bits per heavy atom. The minimum Gasteiger partial charge on any atom is -0.388 e. The number of carbonyl (C=O) groups is 1.